The number of imidazole rings is 1. The van der Waals surface area contributed by atoms with Crippen LogP contribution in [0.15, 0.2) is 61.1 Å². The topological polar surface area (TPSA) is 72.2 Å². The first-order valence-corrected chi connectivity index (χ1v) is 13.1. The summed E-state index contributed by atoms with van der Waals surface area (Å²) < 4.78 is 7.68. The maximum absolute atomic E-state index is 5.71. The van der Waals surface area contributed by atoms with Crippen LogP contribution < -0.4 is 9.80 Å². The van der Waals surface area contributed by atoms with Crippen molar-refractivity contribution in [1.82, 2.24) is 24.5 Å². The van der Waals surface area contributed by atoms with E-state index >= 15 is 0 Å². The van der Waals surface area contributed by atoms with Crippen LogP contribution in [0.4, 0.5) is 11.6 Å². The summed E-state index contributed by atoms with van der Waals surface area (Å²) in [5, 5.41) is 1.07. The van der Waals surface area contributed by atoms with E-state index in [1.165, 1.54) is 0 Å². The molecule has 8 nitrogen and oxygen atoms in total. The largest absolute Gasteiger partial charge is 0.380 e. The minimum Gasteiger partial charge on any atom is -0.380 e. The lowest BCUT2D eigenvalue weighted by Gasteiger charge is -2.20. The third-order valence-electron chi connectivity index (χ3n) is 6.86. The number of nitrogens with zero attached hydrogens (tertiary/aromatic N) is 7. The van der Waals surface area contributed by atoms with E-state index in [0.717, 1.165) is 68.8 Å². The number of pyridine rings is 1. The predicted molar refractivity (Wildman–Crippen MR) is 150 cm³/mol. The molecule has 0 amide bonds. The van der Waals surface area contributed by atoms with Crippen molar-refractivity contribution in [1.29, 1.82) is 0 Å². The van der Waals surface area contributed by atoms with Gasteiger partial charge in [0.05, 0.1) is 11.5 Å². The van der Waals surface area contributed by atoms with Crippen molar-refractivity contribution in [3.8, 4) is 33.2 Å². The lowest BCUT2D eigenvalue weighted by molar-refractivity contribution is 0.121. The van der Waals surface area contributed by atoms with Gasteiger partial charge in [0.15, 0.2) is 11.6 Å². The fourth-order valence-corrected chi connectivity index (χ4v) is 6.08. The molecule has 9 heteroatoms. The number of hydrogen-bond donors (Lipinski definition) is 0. The fourth-order valence-electron chi connectivity index (χ4n) is 4.89. The van der Waals surface area contributed by atoms with Gasteiger partial charge >= 0.3 is 0 Å². The van der Waals surface area contributed by atoms with E-state index in [1.807, 2.05) is 43.0 Å². The SMILES string of the molecule is COC1CCN(c2nc(-c3nccn3C)nc3sc(-c4ccnc(N(C)C)c4)c(-c4ccccc4)c23)C1. The van der Waals surface area contributed by atoms with Gasteiger partial charge in [-0.2, -0.15) is 0 Å². The van der Waals surface area contributed by atoms with Crippen LogP contribution in [-0.4, -0.2) is 64.9 Å². The summed E-state index contributed by atoms with van der Waals surface area (Å²) in [4.78, 5) is 25.8. The van der Waals surface area contributed by atoms with Crippen molar-refractivity contribution < 1.29 is 4.74 Å². The number of benzene rings is 1. The second-order valence-electron chi connectivity index (χ2n) is 9.47. The quantitative estimate of drug-likeness (QED) is 0.314. The van der Waals surface area contributed by atoms with E-state index in [4.69, 9.17) is 14.7 Å². The molecule has 1 atom stereocenters. The molecule has 0 spiro atoms. The van der Waals surface area contributed by atoms with E-state index in [9.17, 15) is 0 Å². The molecule has 1 aromatic carbocycles. The Morgan fingerprint density at radius 3 is 2.57 bits per heavy atom. The Bertz CT molecular complexity index is 1560. The molecule has 0 N–H and O–H groups in total. The van der Waals surface area contributed by atoms with Crippen LogP contribution in [0.1, 0.15) is 6.42 Å². The molecular formula is C28H29N7OS. The number of anilines is 2. The summed E-state index contributed by atoms with van der Waals surface area (Å²) in [6.07, 6.45) is 6.73. The van der Waals surface area contributed by atoms with Crippen LogP contribution in [-0.2, 0) is 11.8 Å². The van der Waals surface area contributed by atoms with Crippen molar-refractivity contribution >= 4 is 33.2 Å². The molecule has 0 aliphatic carbocycles. The molecule has 5 heterocycles. The Morgan fingerprint density at radius 2 is 1.86 bits per heavy atom. The Kier molecular flexibility index (Phi) is 6.10. The molecule has 1 saturated heterocycles. The van der Waals surface area contributed by atoms with Gasteiger partial charge in [-0.15, -0.1) is 11.3 Å². The van der Waals surface area contributed by atoms with E-state index < -0.39 is 0 Å². The van der Waals surface area contributed by atoms with Gasteiger partial charge in [-0.3, -0.25) is 0 Å². The Morgan fingerprint density at radius 1 is 1.03 bits per heavy atom. The average Bonchev–Trinajstić information content (AvgIpc) is 3.66. The molecule has 0 bridgehead atoms. The molecule has 6 rings (SSSR count). The zero-order chi connectivity index (χ0) is 25.5. The summed E-state index contributed by atoms with van der Waals surface area (Å²) in [5.41, 5.74) is 3.41. The van der Waals surface area contributed by atoms with Crippen molar-refractivity contribution in [2.24, 2.45) is 7.05 Å². The molecule has 1 aliphatic rings. The van der Waals surface area contributed by atoms with Gasteiger partial charge in [0.25, 0.3) is 0 Å². The summed E-state index contributed by atoms with van der Waals surface area (Å²) in [7, 11) is 7.78. The van der Waals surface area contributed by atoms with Crippen molar-refractivity contribution in [3.05, 3.63) is 61.1 Å². The maximum Gasteiger partial charge on any atom is 0.199 e. The molecule has 0 saturated carbocycles. The van der Waals surface area contributed by atoms with Crippen molar-refractivity contribution in [2.75, 3.05) is 44.1 Å². The minimum absolute atomic E-state index is 0.183. The number of ether oxygens (including phenoxy) is 1. The third kappa shape index (κ3) is 4.24. The summed E-state index contributed by atoms with van der Waals surface area (Å²) in [6.45, 7) is 1.67. The van der Waals surface area contributed by atoms with Crippen molar-refractivity contribution in [2.45, 2.75) is 12.5 Å². The normalized spacial score (nSPS) is 15.6. The Labute approximate surface area is 220 Å². The number of hydrogen-bond acceptors (Lipinski definition) is 8. The highest BCUT2D eigenvalue weighted by atomic mass is 32.1. The number of rotatable bonds is 6. The molecule has 0 radical (unpaired) electrons. The Balaban J connectivity index is 1.66. The second kappa shape index (κ2) is 9.57. The standard InChI is InChI=1S/C28H29N7OS/c1-33(2)21-16-19(10-12-29-21)24-22(18-8-6-5-7-9-18)23-26(35-14-11-20(17-35)36-4)31-25(32-28(23)37-24)27-30-13-15-34(27)3/h5-10,12-13,15-16,20H,11,14,17H2,1-4H3. The summed E-state index contributed by atoms with van der Waals surface area (Å²) >= 11 is 1.70. The van der Waals surface area contributed by atoms with Crippen LogP contribution in [0.2, 0.25) is 0 Å². The second-order valence-corrected chi connectivity index (χ2v) is 10.5. The molecule has 1 fully saturated rings. The van der Waals surface area contributed by atoms with Crippen molar-refractivity contribution in [3.63, 3.8) is 0 Å². The zero-order valence-electron chi connectivity index (χ0n) is 21.4. The smallest absolute Gasteiger partial charge is 0.199 e. The third-order valence-corrected chi connectivity index (χ3v) is 7.99. The average molecular weight is 512 g/mol. The van der Waals surface area contributed by atoms with E-state index in [2.05, 4.69) is 57.3 Å². The molecule has 188 valence electrons. The summed E-state index contributed by atoms with van der Waals surface area (Å²) in [6, 6.07) is 14.8. The molecule has 4 aromatic heterocycles. The number of methoxy groups -OCH3 is 1. The van der Waals surface area contributed by atoms with Gasteiger partial charge in [-0.25, -0.2) is 19.9 Å². The first-order chi connectivity index (χ1) is 18.0. The first kappa shape index (κ1) is 23.6. The zero-order valence-corrected chi connectivity index (χ0v) is 22.2. The van der Waals surface area contributed by atoms with Crippen LogP contribution in [0, 0.1) is 0 Å². The van der Waals surface area contributed by atoms with Gasteiger partial charge in [0.2, 0.25) is 0 Å². The molecular weight excluding hydrogens is 482 g/mol. The fraction of sp³-hybridized carbons (Fsp3) is 0.286. The highest BCUT2D eigenvalue weighted by Gasteiger charge is 2.29. The van der Waals surface area contributed by atoms with Crippen LogP contribution in [0.3, 0.4) is 0 Å². The number of fused-ring (bicyclic) bond motifs is 1. The van der Waals surface area contributed by atoms with Gasteiger partial charge in [0, 0.05) is 70.4 Å². The van der Waals surface area contributed by atoms with Gasteiger partial charge < -0.3 is 19.1 Å². The number of aryl methyl sites for hydroxylation is 1. The molecule has 1 aliphatic heterocycles. The highest BCUT2D eigenvalue weighted by molar-refractivity contribution is 7.22. The van der Waals surface area contributed by atoms with Gasteiger partial charge in [-0.1, -0.05) is 30.3 Å². The maximum atomic E-state index is 5.71. The lowest BCUT2D eigenvalue weighted by atomic mass is 10.00. The van der Waals surface area contributed by atoms with Crippen LogP contribution in [0.5, 0.6) is 0 Å². The first-order valence-electron chi connectivity index (χ1n) is 12.3. The number of aromatic nitrogens is 5. The van der Waals surface area contributed by atoms with E-state index in [0.29, 0.717) is 5.82 Å². The monoisotopic (exact) mass is 511 g/mol. The van der Waals surface area contributed by atoms with E-state index in [-0.39, 0.29) is 6.10 Å². The van der Waals surface area contributed by atoms with Crippen LogP contribution >= 0.6 is 11.3 Å². The molecule has 5 aromatic rings. The molecule has 37 heavy (non-hydrogen) atoms. The minimum atomic E-state index is 0.183. The van der Waals surface area contributed by atoms with Gasteiger partial charge in [0.1, 0.15) is 16.5 Å². The summed E-state index contributed by atoms with van der Waals surface area (Å²) in [5.74, 6) is 3.23. The number of thiophene rings is 1. The lowest BCUT2D eigenvalue weighted by Crippen LogP contribution is -2.23. The predicted octanol–water partition coefficient (Wildman–Crippen LogP) is 5.11. The molecule has 1 unspecified atom stereocenters. The van der Waals surface area contributed by atoms with Gasteiger partial charge in [-0.05, 0) is 29.7 Å². The van der Waals surface area contributed by atoms with E-state index in [1.54, 1.807) is 24.6 Å². The highest BCUT2D eigenvalue weighted by Crippen LogP contribution is 2.48. The van der Waals surface area contributed by atoms with Crippen LogP contribution in [0.25, 0.3) is 43.4 Å². The Hall–Kier alpha value is -3.82.